The van der Waals surface area contributed by atoms with Crippen molar-refractivity contribution in [1.82, 2.24) is 4.90 Å². The zero-order valence-corrected chi connectivity index (χ0v) is 16.2. The van der Waals surface area contributed by atoms with Gasteiger partial charge in [-0.1, -0.05) is 11.6 Å². The van der Waals surface area contributed by atoms with Crippen molar-refractivity contribution >= 4 is 29.3 Å². The number of carbonyl (C=O) groups is 2. The number of carbonyl (C=O) groups excluding carboxylic acids is 2. The van der Waals surface area contributed by atoms with Crippen molar-refractivity contribution in [2.75, 3.05) is 38.7 Å². The molecule has 2 atom stereocenters. The highest BCUT2D eigenvalue weighted by Crippen LogP contribution is 2.25. The molecule has 0 bridgehead atoms. The minimum Gasteiger partial charge on any atom is -0.465 e. The highest BCUT2D eigenvalue weighted by Gasteiger charge is 2.27. The molecule has 8 heteroatoms. The Morgan fingerprint density at radius 3 is 2.33 bits per heavy atom. The molecule has 2 fully saturated rings. The molecule has 0 aliphatic carbocycles. The molecule has 1 N–H and O–H groups in total. The number of nitrogens with zero attached hydrogens (tertiary/aromatic N) is 1. The summed E-state index contributed by atoms with van der Waals surface area (Å²) in [7, 11) is 1.31. The average molecular weight is 397 g/mol. The lowest BCUT2D eigenvalue weighted by molar-refractivity contribution is 0.0524. The summed E-state index contributed by atoms with van der Waals surface area (Å²) in [6.45, 7) is 2.46. The smallest absolute Gasteiger partial charge is 0.337 e. The second-order valence-electron chi connectivity index (χ2n) is 6.79. The quantitative estimate of drug-likeness (QED) is 0.746. The molecule has 0 aromatic heterocycles. The third-order valence-corrected chi connectivity index (χ3v) is 5.14. The van der Waals surface area contributed by atoms with Crippen LogP contribution in [0.1, 0.15) is 36.0 Å². The molecule has 2 unspecified atom stereocenters. The van der Waals surface area contributed by atoms with Crippen molar-refractivity contribution in [1.29, 1.82) is 0 Å². The Bertz CT molecular complexity index is 654. The highest BCUT2D eigenvalue weighted by atomic mass is 35.5. The van der Waals surface area contributed by atoms with Crippen LogP contribution in [0, 0.1) is 0 Å². The van der Waals surface area contributed by atoms with Gasteiger partial charge in [-0.15, -0.1) is 0 Å². The van der Waals surface area contributed by atoms with Crippen molar-refractivity contribution in [3.8, 4) is 0 Å². The van der Waals surface area contributed by atoms with Crippen LogP contribution in [0.5, 0.6) is 0 Å². The largest absolute Gasteiger partial charge is 0.465 e. The Hall–Kier alpha value is -1.83. The second kappa shape index (κ2) is 9.39. The number of amides is 2. The van der Waals surface area contributed by atoms with E-state index in [0.717, 1.165) is 38.9 Å². The number of nitrogens with one attached hydrogen (secondary N) is 1. The van der Waals surface area contributed by atoms with E-state index in [2.05, 4.69) is 5.32 Å². The summed E-state index contributed by atoms with van der Waals surface area (Å²) >= 11 is 6.20. The van der Waals surface area contributed by atoms with Crippen LogP contribution < -0.4 is 5.32 Å². The summed E-state index contributed by atoms with van der Waals surface area (Å²) in [5.41, 5.74) is 0.691. The first-order valence-corrected chi connectivity index (χ1v) is 9.61. The van der Waals surface area contributed by atoms with Gasteiger partial charge < -0.3 is 24.4 Å². The third kappa shape index (κ3) is 5.34. The zero-order valence-electron chi connectivity index (χ0n) is 15.4. The summed E-state index contributed by atoms with van der Waals surface area (Å²) in [6, 6.07) is 4.35. The fourth-order valence-corrected chi connectivity index (χ4v) is 3.53. The van der Waals surface area contributed by atoms with Gasteiger partial charge in [-0.2, -0.15) is 0 Å². The van der Waals surface area contributed by atoms with Gasteiger partial charge in [0.15, 0.2) is 0 Å². The van der Waals surface area contributed by atoms with E-state index in [1.54, 1.807) is 17.0 Å². The van der Waals surface area contributed by atoms with Crippen molar-refractivity contribution in [3.05, 3.63) is 28.8 Å². The number of ether oxygens (including phenoxy) is 3. The van der Waals surface area contributed by atoms with E-state index >= 15 is 0 Å². The number of halogens is 1. The fourth-order valence-electron chi connectivity index (χ4n) is 3.37. The van der Waals surface area contributed by atoms with E-state index in [1.165, 1.54) is 13.2 Å². The summed E-state index contributed by atoms with van der Waals surface area (Å²) in [4.78, 5) is 26.4. The molecule has 2 aliphatic heterocycles. The van der Waals surface area contributed by atoms with Crippen molar-refractivity contribution in [2.45, 2.75) is 37.9 Å². The number of esters is 1. The standard InChI is InChI=1S/C19H25ClN2O5/c1-25-18(23)13-6-7-16(20)17(10-13)21-19(24)22(11-14-4-2-8-26-14)12-15-5-3-9-27-15/h6-7,10,14-15H,2-5,8-9,11-12H2,1H3,(H,21,24). The predicted molar refractivity (Wildman–Crippen MR) is 101 cm³/mol. The van der Waals surface area contributed by atoms with Gasteiger partial charge in [0.1, 0.15) is 0 Å². The molecular weight excluding hydrogens is 372 g/mol. The van der Waals surface area contributed by atoms with Gasteiger partial charge in [0.2, 0.25) is 0 Å². The molecule has 0 saturated carbocycles. The number of benzene rings is 1. The Morgan fingerprint density at radius 2 is 1.81 bits per heavy atom. The number of anilines is 1. The van der Waals surface area contributed by atoms with Crippen molar-refractivity contribution < 1.29 is 23.8 Å². The van der Waals surface area contributed by atoms with Crippen LogP contribution in [-0.2, 0) is 14.2 Å². The lowest BCUT2D eigenvalue weighted by Gasteiger charge is -2.28. The van der Waals surface area contributed by atoms with E-state index in [9.17, 15) is 9.59 Å². The van der Waals surface area contributed by atoms with E-state index < -0.39 is 5.97 Å². The molecule has 27 heavy (non-hydrogen) atoms. The number of hydrogen-bond donors (Lipinski definition) is 1. The van der Waals surface area contributed by atoms with Crippen LogP contribution in [0.2, 0.25) is 5.02 Å². The van der Waals surface area contributed by atoms with Gasteiger partial charge in [-0.05, 0) is 43.9 Å². The molecule has 3 rings (SSSR count). The second-order valence-corrected chi connectivity index (χ2v) is 7.20. The molecule has 0 radical (unpaired) electrons. The monoisotopic (exact) mass is 396 g/mol. The lowest BCUT2D eigenvalue weighted by Crippen LogP contribution is -2.44. The Kier molecular flexibility index (Phi) is 6.93. The van der Waals surface area contributed by atoms with E-state index in [0.29, 0.717) is 29.4 Å². The van der Waals surface area contributed by atoms with Crippen molar-refractivity contribution in [3.63, 3.8) is 0 Å². The van der Waals surface area contributed by atoms with Crippen LogP contribution >= 0.6 is 11.6 Å². The molecule has 2 heterocycles. The van der Waals surface area contributed by atoms with Crippen molar-refractivity contribution in [2.24, 2.45) is 0 Å². The van der Waals surface area contributed by atoms with Gasteiger partial charge in [0.05, 0.1) is 35.6 Å². The number of rotatable bonds is 6. The third-order valence-electron chi connectivity index (χ3n) is 4.81. The van der Waals surface area contributed by atoms with Gasteiger partial charge in [0.25, 0.3) is 0 Å². The Balaban J connectivity index is 1.71. The Labute approximate surface area is 163 Å². The molecule has 7 nitrogen and oxygen atoms in total. The zero-order chi connectivity index (χ0) is 19.2. The first-order valence-electron chi connectivity index (χ1n) is 9.24. The van der Waals surface area contributed by atoms with Gasteiger partial charge in [-0.3, -0.25) is 0 Å². The van der Waals surface area contributed by atoms with E-state index in [-0.39, 0.29) is 18.2 Å². The minimum absolute atomic E-state index is 0.0361. The fraction of sp³-hybridized carbons (Fsp3) is 0.579. The maximum absolute atomic E-state index is 12.9. The maximum atomic E-state index is 12.9. The summed E-state index contributed by atoms with van der Waals surface area (Å²) < 4.78 is 16.1. The molecule has 1 aromatic carbocycles. The highest BCUT2D eigenvalue weighted by molar-refractivity contribution is 6.33. The maximum Gasteiger partial charge on any atom is 0.337 e. The van der Waals surface area contributed by atoms with Gasteiger partial charge in [-0.25, -0.2) is 9.59 Å². The van der Waals surface area contributed by atoms with Crippen LogP contribution in [0.25, 0.3) is 0 Å². The minimum atomic E-state index is -0.488. The molecule has 148 valence electrons. The summed E-state index contributed by atoms with van der Waals surface area (Å²) in [5.74, 6) is -0.488. The average Bonchev–Trinajstić information content (AvgIpc) is 3.36. The van der Waals surface area contributed by atoms with Crippen LogP contribution in [0.4, 0.5) is 10.5 Å². The molecule has 2 aliphatic rings. The first-order chi connectivity index (χ1) is 13.1. The van der Waals surface area contributed by atoms with E-state index in [4.69, 9.17) is 25.8 Å². The number of hydrogen-bond acceptors (Lipinski definition) is 5. The van der Waals surface area contributed by atoms with Crippen LogP contribution in [-0.4, -0.2) is 62.5 Å². The molecule has 2 saturated heterocycles. The summed E-state index contributed by atoms with van der Waals surface area (Å²) in [6.07, 6.45) is 3.96. The lowest BCUT2D eigenvalue weighted by atomic mass is 10.2. The van der Waals surface area contributed by atoms with Crippen LogP contribution in [0.3, 0.4) is 0 Å². The topological polar surface area (TPSA) is 77.1 Å². The Morgan fingerprint density at radius 1 is 1.19 bits per heavy atom. The molecular formula is C19H25ClN2O5. The molecule has 2 amide bonds. The SMILES string of the molecule is COC(=O)c1ccc(Cl)c(NC(=O)N(CC2CCCO2)CC2CCCO2)c1. The van der Waals surface area contributed by atoms with Gasteiger partial charge in [0, 0.05) is 26.3 Å². The van der Waals surface area contributed by atoms with E-state index in [1.807, 2.05) is 0 Å². The predicted octanol–water partition coefficient (Wildman–Crippen LogP) is 3.32. The molecule has 0 spiro atoms. The first kappa shape index (κ1) is 19.9. The normalized spacial score (nSPS) is 21.9. The van der Waals surface area contributed by atoms with Crippen LogP contribution in [0.15, 0.2) is 18.2 Å². The summed E-state index contributed by atoms with van der Waals surface area (Å²) in [5, 5.41) is 3.17. The molecule has 1 aromatic rings. The number of methoxy groups -OCH3 is 1. The number of urea groups is 1. The van der Waals surface area contributed by atoms with Gasteiger partial charge >= 0.3 is 12.0 Å².